The number of anilines is 1. The average molecular weight is 562 g/mol. The third-order valence-electron chi connectivity index (χ3n) is 7.86. The Morgan fingerprint density at radius 2 is 1.82 bits per heavy atom. The molecule has 0 radical (unpaired) electrons. The first-order chi connectivity index (χ1) is 18.7. The Morgan fingerprint density at radius 3 is 2.40 bits per heavy atom. The SMILES string of the molecule is COc1nc2c(=O)n(C)nc(N[C@H](C)c3cccc(C(F)(F)C(C)(C)O)c3F)c2cc1C1CCN(C(C)C)CC1. The number of rotatable bonds is 8. The summed E-state index contributed by atoms with van der Waals surface area (Å²) in [5.41, 5.74) is -2.83. The molecule has 8 nitrogen and oxygen atoms in total. The number of ether oxygens (including phenoxy) is 1. The fourth-order valence-corrected chi connectivity index (χ4v) is 5.29. The number of hydrogen-bond donors (Lipinski definition) is 2. The van der Waals surface area contributed by atoms with Gasteiger partial charge >= 0.3 is 5.92 Å². The highest BCUT2D eigenvalue weighted by atomic mass is 19.3. The van der Waals surface area contributed by atoms with Crippen LogP contribution in [-0.4, -0.2) is 56.6 Å². The van der Waals surface area contributed by atoms with E-state index in [2.05, 4.69) is 34.1 Å². The van der Waals surface area contributed by atoms with E-state index in [1.807, 2.05) is 6.07 Å². The van der Waals surface area contributed by atoms with Crippen LogP contribution in [0.5, 0.6) is 5.88 Å². The molecular formula is C29H38F3N5O3. The Hall–Kier alpha value is -3.18. The Morgan fingerprint density at radius 1 is 1.18 bits per heavy atom. The predicted octanol–water partition coefficient (Wildman–Crippen LogP) is 5.10. The molecule has 2 N–H and O–H groups in total. The number of nitrogens with zero attached hydrogens (tertiary/aromatic N) is 4. The van der Waals surface area contributed by atoms with Gasteiger partial charge in [-0.15, -0.1) is 0 Å². The van der Waals surface area contributed by atoms with Crippen LogP contribution in [-0.2, 0) is 13.0 Å². The molecule has 1 saturated heterocycles. The maximum absolute atomic E-state index is 15.5. The second-order valence-electron chi connectivity index (χ2n) is 11.4. The van der Waals surface area contributed by atoms with E-state index < -0.39 is 34.5 Å². The summed E-state index contributed by atoms with van der Waals surface area (Å²) in [5, 5.41) is 17.9. The van der Waals surface area contributed by atoms with Gasteiger partial charge in [0.05, 0.1) is 24.1 Å². The van der Waals surface area contributed by atoms with Crippen molar-refractivity contribution in [3.8, 4) is 5.88 Å². The first-order valence-electron chi connectivity index (χ1n) is 13.5. The molecule has 40 heavy (non-hydrogen) atoms. The largest absolute Gasteiger partial charge is 0.481 e. The standard InChI is InChI=1S/C29H38F3N5O3/c1-16(2)37-13-11-18(12-14-37)20-15-21-24(34-26(20)40-7)27(38)36(6)35-25(21)33-17(3)19-9-8-10-22(23(19)30)29(31,32)28(4,5)39/h8-10,15-18,39H,11-14H2,1-7H3,(H,33,35)/t17-/m1/s1. The fraction of sp³-hybridized carbons (Fsp3) is 0.552. The maximum Gasteiger partial charge on any atom is 0.303 e. The van der Waals surface area contributed by atoms with Crippen LogP contribution < -0.4 is 15.6 Å². The third-order valence-corrected chi connectivity index (χ3v) is 7.86. The quantitative estimate of drug-likeness (QED) is 0.395. The lowest BCUT2D eigenvalue weighted by atomic mass is 9.89. The van der Waals surface area contributed by atoms with Gasteiger partial charge in [0, 0.05) is 24.2 Å². The van der Waals surface area contributed by atoms with Crippen molar-refractivity contribution in [1.82, 2.24) is 19.7 Å². The van der Waals surface area contributed by atoms with Gasteiger partial charge in [-0.1, -0.05) is 12.1 Å². The molecule has 4 rings (SSSR count). The molecule has 3 heterocycles. The number of aryl methyl sites for hydroxylation is 1. The van der Waals surface area contributed by atoms with Crippen molar-refractivity contribution in [2.24, 2.45) is 7.05 Å². The van der Waals surface area contributed by atoms with Crippen molar-refractivity contribution >= 4 is 16.7 Å². The molecule has 3 aromatic rings. The average Bonchev–Trinajstić information content (AvgIpc) is 2.90. The second-order valence-corrected chi connectivity index (χ2v) is 11.4. The molecule has 1 atom stereocenters. The minimum absolute atomic E-state index is 0.0343. The van der Waals surface area contributed by atoms with E-state index in [0.29, 0.717) is 17.3 Å². The van der Waals surface area contributed by atoms with Crippen LogP contribution in [0.15, 0.2) is 29.1 Å². The number of likely N-dealkylation sites (tertiary alicyclic amines) is 1. The first kappa shape index (κ1) is 29.8. The van der Waals surface area contributed by atoms with Gasteiger partial charge in [0.2, 0.25) is 5.88 Å². The minimum Gasteiger partial charge on any atom is -0.481 e. The van der Waals surface area contributed by atoms with Crippen LogP contribution in [0, 0.1) is 5.82 Å². The number of methoxy groups -OCH3 is 1. The Kier molecular flexibility index (Phi) is 8.20. The first-order valence-corrected chi connectivity index (χ1v) is 13.5. The number of hydrogen-bond acceptors (Lipinski definition) is 7. The van der Waals surface area contributed by atoms with Crippen molar-refractivity contribution in [2.75, 3.05) is 25.5 Å². The van der Waals surface area contributed by atoms with Gasteiger partial charge in [-0.05, 0) is 78.6 Å². The third kappa shape index (κ3) is 5.41. The van der Waals surface area contributed by atoms with Crippen LogP contribution in [0.4, 0.5) is 19.0 Å². The molecule has 0 spiro atoms. The lowest BCUT2D eigenvalue weighted by Gasteiger charge is -2.35. The van der Waals surface area contributed by atoms with E-state index in [-0.39, 0.29) is 22.8 Å². The molecule has 1 aliphatic heterocycles. The predicted molar refractivity (Wildman–Crippen MR) is 149 cm³/mol. The van der Waals surface area contributed by atoms with Gasteiger partial charge in [-0.2, -0.15) is 13.9 Å². The molecular weight excluding hydrogens is 523 g/mol. The summed E-state index contributed by atoms with van der Waals surface area (Å²) in [6.07, 6.45) is 1.79. The summed E-state index contributed by atoms with van der Waals surface area (Å²) in [5.74, 6) is -4.14. The molecule has 0 amide bonds. The van der Waals surface area contributed by atoms with Crippen molar-refractivity contribution in [2.45, 2.75) is 77.0 Å². The number of nitrogens with one attached hydrogen (secondary N) is 1. The number of piperidine rings is 1. The molecule has 0 aliphatic carbocycles. The Labute approximate surface area is 232 Å². The summed E-state index contributed by atoms with van der Waals surface area (Å²) in [7, 11) is 3.00. The number of aromatic nitrogens is 3. The van der Waals surface area contributed by atoms with E-state index in [1.54, 1.807) is 6.92 Å². The topological polar surface area (TPSA) is 92.5 Å². The molecule has 2 aromatic heterocycles. The van der Waals surface area contributed by atoms with Gasteiger partial charge in [-0.25, -0.2) is 14.1 Å². The van der Waals surface area contributed by atoms with Gasteiger partial charge in [0.15, 0.2) is 5.82 Å². The summed E-state index contributed by atoms with van der Waals surface area (Å²) in [6.45, 7) is 9.67. The minimum atomic E-state index is -3.82. The molecule has 1 aromatic carbocycles. The van der Waals surface area contributed by atoms with E-state index in [4.69, 9.17) is 4.74 Å². The summed E-state index contributed by atoms with van der Waals surface area (Å²) >= 11 is 0. The van der Waals surface area contributed by atoms with Crippen LogP contribution in [0.1, 0.15) is 76.1 Å². The Bertz CT molecular complexity index is 1440. The highest BCUT2D eigenvalue weighted by Gasteiger charge is 2.49. The van der Waals surface area contributed by atoms with Crippen LogP contribution in [0.2, 0.25) is 0 Å². The number of alkyl halides is 2. The smallest absolute Gasteiger partial charge is 0.303 e. The second kappa shape index (κ2) is 11.0. The summed E-state index contributed by atoms with van der Waals surface area (Å²) < 4.78 is 51.9. The Balaban J connectivity index is 1.76. The molecule has 0 unspecified atom stereocenters. The number of aliphatic hydroxyl groups is 1. The molecule has 11 heteroatoms. The van der Waals surface area contributed by atoms with Gasteiger partial charge < -0.3 is 20.1 Å². The lowest BCUT2D eigenvalue weighted by Crippen LogP contribution is -2.41. The normalized spacial score (nSPS) is 16.5. The van der Waals surface area contributed by atoms with Crippen LogP contribution in [0.3, 0.4) is 0 Å². The maximum atomic E-state index is 15.5. The molecule has 0 saturated carbocycles. The number of benzene rings is 1. The highest BCUT2D eigenvalue weighted by Crippen LogP contribution is 2.42. The van der Waals surface area contributed by atoms with Crippen LogP contribution >= 0.6 is 0 Å². The zero-order valence-electron chi connectivity index (χ0n) is 24.1. The van der Waals surface area contributed by atoms with E-state index >= 15 is 4.39 Å². The summed E-state index contributed by atoms with van der Waals surface area (Å²) in [6, 6.07) is 5.18. The monoisotopic (exact) mass is 561 g/mol. The molecule has 0 bridgehead atoms. The fourth-order valence-electron chi connectivity index (χ4n) is 5.29. The van der Waals surface area contributed by atoms with E-state index in [1.165, 1.54) is 26.3 Å². The molecule has 218 valence electrons. The number of fused-ring (bicyclic) bond motifs is 1. The summed E-state index contributed by atoms with van der Waals surface area (Å²) in [4.78, 5) is 20.0. The zero-order valence-corrected chi connectivity index (χ0v) is 24.1. The van der Waals surface area contributed by atoms with Crippen molar-refractivity contribution in [3.05, 3.63) is 57.1 Å². The number of pyridine rings is 1. The van der Waals surface area contributed by atoms with Gasteiger partial charge in [0.25, 0.3) is 5.56 Å². The van der Waals surface area contributed by atoms with Crippen molar-refractivity contribution in [1.29, 1.82) is 0 Å². The van der Waals surface area contributed by atoms with Crippen molar-refractivity contribution < 1.29 is 23.0 Å². The highest BCUT2D eigenvalue weighted by molar-refractivity contribution is 5.89. The van der Waals surface area contributed by atoms with Crippen LogP contribution in [0.25, 0.3) is 10.9 Å². The van der Waals surface area contributed by atoms with Gasteiger partial charge in [-0.3, -0.25) is 4.79 Å². The zero-order chi connectivity index (χ0) is 29.6. The molecule has 1 aliphatic rings. The lowest BCUT2D eigenvalue weighted by molar-refractivity contribution is -0.170. The molecule has 1 fully saturated rings. The number of halogens is 3. The van der Waals surface area contributed by atoms with E-state index in [9.17, 15) is 18.7 Å². The van der Waals surface area contributed by atoms with Crippen molar-refractivity contribution in [3.63, 3.8) is 0 Å². The van der Waals surface area contributed by atoms with Gasteiger partial charge in [0.1, 0.15) is 16.9 Å². The van der Waals surface area contributed by atoms with E-state index in [0.717, 1.165) is 56.1 Å².